The van der Waals surface area contributed by atoms with Gasteiger partial charge in [0.15, 0.2) is 5.96 Å². The number of ether oxygens (including phenoxy) is 1. The fraction of sp³-hybridized carbons (Fsp3) is 0.412. The molecule has 0 atom stereocenters. The van der Waals surface area contributed by atoms with Gasteiger partial charge in [-0.05, 0) is 30.7 Å². The number of hydrogen-bond acceptors (Lipinski definition) is 3. The smallest absolute Gasteiger partial charge is 0.387 e. The first kappa shape index (κ1) is 22.1. The van der Waals surface area contributed by atoms with Gasteiger partial charge in [-0.15, -0.1) is 24.0 Å². The van der Waals surface area contributed by atoms with E-state index in [1.807, 2.05) is 32.0 Å². The van der Waals surface area contributed by atoms with Crippen LogP contribution in [0.4, 0.5) is 8.78 Å². The van der Waals surface area contributed by atoms with Gasteiger partial charge in [-0.2, -0.15) is 13.9 Å². The van der Waals surface area contributed by atoms with Crippen LogP contribution in [0.2, 0.25) is 0 Å². The molecule has 1 aromatic carbocycles. The Morgan fingerprint density at radius 2 is 2.00 bits per heavy atom. The van der Waals surface area contributed by atoms with Crippen molar-refractivity contribution in [3.8, 4) is 5.75 Å². The van der Waals surface area contributed by atoms with Gasteiger partial charge in [0.1, 0.15) is 5.75 Å². The van der Waals surface area contributed by atoms with Crippen LogP contribution in [0, 0.1) is 0 Å². The standard InChI is InChI=1S/C17H23F2N5O.HI/c1-4-20-17(21-11-14-9-10-22-24(14)3)23(2)12-13-5-7-15(8-6-13)25-16(18)19;/h5-10,16H,4,11-12H2,1-3H3,(H,20,21);1H. The summed E-state index contributed by atoms with van der Waals surface area (Å²) in [6.45, 7) is 1.05. The molecule has 1 heterocycles. The lowest BCUT2D eigenvalue weighted by Crippen LogP contribution is -2.38. The Bertz CT molecular complexity index is 691. The Morgan fingerprint density at radius 1 is 1.31 bits per heavy atom. The van der Waals surface area contributed by atoms with E-state index < -0.39 is 6.61 Å². The number of aliphatic imine (C=N–C) groups is 1. The molecular weight excluding hydrogens is 455 g/mol. The number of aryl methyl sites for hydroxylation is 1. The zero-order valence-corrected chi connectivity index (χ0v) is 17.4. The Labute approximate surface area is 169 Å². The van der Waals surface area contributed by atoms with Crippen molar-refractivity contribution < 1.29 is 13.5 Å². The molecule has 0 fully saturated rings. The van der Waals surface area contributed by atoms with E-state index in [0.717, 1.165) is 23.8 Å². The third-order valence-corrected chi connectivity index (χ3v) is 3.58. The first-order valence-electron chi connectivity index (χ1n) is 7.99. The summed E-state index contributed by atoms with van der Waals surface area (Å²) in [6.07, 6.45) is 1.74. The molecule has 6 nitrogen and oxygen atoms in total. The van der Waals surface area contributed by atoms with Crippen LogP contribution in [0.15, 0.2) is 41.5 Å². The van der Waals surface area contributed by atoms with Gasteiger partial charge in [0, 0.05) is 33.4 Å². The minimum absolute atomic E-state index is 0. The van der Waals surface area contributed by atoms with Crippen LogP contribution in [0.25, 0.3) is 0 Å². The average Bonchev–Trinajstić information content (AvgIpc) is 2.98. The Morgan fingerprint density at radius 3 is 2.54 bits per heavy atom. The molecule has 0 saturated heterocycles. The molecule has 2 rings (SSSR count). The molecule has 0 aliphatic carbocycles. The van der Waals surface area contributed by atoms with Crippen LogP contribution < -0.4 is 10.1 Å². The predicted molar refractivity (Wildman–Crippen MR) is 108 cm³/mol. The van der Waals surface area contributed by atoms with Crippen molar-refractivity contribution >= 4 is 29.9 Å². The Kier molecular flexibility index (Phi) is 9.31. The average molecular weight is 479 g/mol. The van der Waals surface area contributed by atoms with E-state index >= 15 is 0 Å². The second kappa shape index (κ2) is 10.9. The van der Waals surface area contributed by atoms with Crippen LogP contribution in [0.1, 0.15) is 18.2 Å². The van der Waals surface area contributed by atoms with Crippen LogP contribution in [-0.4, -0.2) is 40.8 Å². The van der Waals surface area contributed by atoms with Gasteiger partial charge < -0.3 is 15.0 Å². The number of benzene rings is 1. The summed E-state index contributed by atoms with van der Waals surface area (Å²) in [5, 5.41) is 7.37. The van der Waals surface area contributed by atoms with E-state index in [-0.39, 0.29) is 29.7 Å². The monoisotopic (exact) mass is 479 g/mol. The molecule has 0 spiro atoms. The minimum atomic E-state index is -2.81. The number of guanidine groups is 1. The zero-order valence-electron chi connectivity index (χ0n) is 15.0. The molecule has 0 unspecified atom stereocenters. The molecule has 2 aromatic rings. The summed E-state index contributed by atoms with van der Waals surface area (Å²) in [5.41, 5.74) is 1.98. The van der Waals surface area contributed by atoms with Gasteiger partial charge in [0.2, 0.25) is 0 Å². The van der Waals surface area contributed by atoms with Crippen LogP contribution in [0.5, 0.6) is 5.75 Å². The summed E-state index contributed by atoms with van der Waals surface area (Å²) in [4.78, 5) is 6.59. The fourth-order valence-corrected chi connectivity index (χ4v) is 2.31. The molecule has 26 heavy (non-hydrogen) atoms. The van der Waals surface area contributed by atoms with E-state index in [4.69, 9.17) is 0 Å². The van der Waals surface area contributed by atoms with Crippen molar-refractivity contribution in [1.29, 1.82) is 0 Å². The highest BCUT2D eigenvalue weighted by Gasteiger charge is 2.08. The van der Waals surface area contributed by atoms with Crippen molar-refractivity contribution in [2.75, 3.05) is 13.6 Å². The third kappa shape index (κ3) is 6.77. The summed E-state index contributed by atoms with van der Waals surface area (Å²) in [6, 6.07) is 8.52. The number of aromatic nitrogens is 2. The molecule has 0 amide bonds. The summed E-state index contributed by atoms with van der Waals surface area (Å²) >= 11 is 0. The van der Waals surface area contributed by atoms with Gasteiger partial charge >= 0.3 is 6.61 Å². The highest BCUT2D eigenvalue weighted by atomic mass is 127. The van der Waals surface area contributed by atoms with Crippen LogP contribution in [0.3, 0.4) is 0 Å². The van der Waals surface area contributed by atoms with E-state index in [2.05, 4.69) is 20.1 Å². The number of halogens is 3. The first-order valence-corrected chi connectivity index (χ1v) is 7.99. The molecular formula is C17H24F2IN5O. The molecule has 0 bridgehead atoms. The predicted octanol–water partition coefficient (Wildman–Crippen LogP) is 3.24. The third-order valence-electron chi connectivity index (χ3n) is 3.58. The maximum Gasteiger partial charge on any atom is 0.387 e. The van der Waals surface area contributed by atoms with E-state index in [1.165, 1.54) is 12.1 Å². The quantitative estimate of drug-likeness (QED) is 0.377. The van der Waals surface area contributed by atoms with E-state index in [9.17, 15) is 8.78 Å². The largest absolute Gasteiger partial charge is 0.435 e. The SMILES string of the molecule is CCNC(=NCc1ccnn1C)N(C)Cc1ccc(OC(F)F)cc1.I. The van der Waals surface area contributed by atoms with Crippen LogP contribution >= 0.6 is 24.0 Å². The number of rotatable bonds is 7. The molecule has 9 heteroatoms. The molecule has 1 N–H and O–H groups in total. The van der Waals surface area contributed by atoms with Gasteiger partial charge in [-0.1, -0.05) is 12.1 Å². The molecule has 0 radical (unpaired) electrons. The molecule has 0 aliphatic heterocycles. The fourth-order valence-electron chi connectivity index (χ4n) is 2.31. The Balaban J connectivity index is 0.00000338. The van der Waals surface area contributed by atoms with Gasteiger partial charge in [-0.3, -0.25) is 4.68 Å². The summed E-state index contributed by atoms with van der Waals surface area (Å²) < 4.78 is 30.5. The topological polar surface area (TPSA) is 54.7 Å². The van der Waals surface area contributed by atoms with Gasteiger partial charge in [0.05, 0.1) is 12.2 Å². The Hall–Kier alpha value is -1.91. The van der Waals surface area contributed by atoms with Gasteiger partial charge in [-0.25, -0.2) is 4.99 Å². The number of nitrogens with zero attached hydrogens (tertiary/aromatic N) is 4. The normalized spacial score (nSPS) is 11.2. The number of alkyl halides is 2. The lowest BCUT2D eigenvalue weighted by atomic mass is 10.2. The van der Waals surface area contributed by atoms with E-state index in [0.29, 0.717) is 13.1 Å². The van der Waals surface area contributed by atoms with E-state index in [1.54, 1.807) is 23.0 Å². The van der Waals surface area contributed by atoms with Crippen LogP contribution in [-0.2, 0) is 20.1 Å². The number of hydrogen-bond donors (Lipinski definition) is 1. The molecule has 144 valence electrons. The lowest BCUT2D eigenvalue weighted by molar-refractivity contribution is -0.0498. The van der Waals surface area contributed by atoms with Gasteiger partial charge in [0.25, 0.3) is 0 Å². The second-order valence-electron chi connectivity index (χ2n) is 5.49. The molecule has 0 aliphatic rings. The zero-order chi connectivity index (χ0) is 18.2. The van der Waals surface area contributed by atoms with Crippen molar-refractivity contribution in [2.24, 2.45) is 12.0 Å². The summed E-state index contributed by atoms with van der Waals surface area (Å²) in [7, 11) is 3.80. The maximum atomic E-state index is 12.2. The highest BCUT2D eigenvalue weighted by Crippen LogP contribution is 2.15. The maximum absolute atomic E-state index is 12.2. The molecule has 1 aromatic heterocycles. The summed E-state index contributed by atoms with van der Waals surface area (Å²) in [5.74, 6) is 0.912. The molecule has 0 saturated carbocycles. The van der Waals surface area contributed by atoms with Crippen molar-refractivity contribution in [2.45, 2.75) is 26.6 Å². The lowest BCUT2D eigenvalue weighted by Gasteiger charge is -2.22. The van der Waals surface area contributed by atoms with Crippen molar-refractivity contribution in [1.82, 2.24) is 20.0 Å². The number of nitrogens with one attached hydrogen (secondary N) is 1. The van der Waals surface area contributed by atoms with Crippen molar-refractivity contribution in [3.05, 3.63) is 47.8 Å². The van der Waals surface area contributed by atoms with Crippen molar-refractivity contribution in [3.63, 3.8) is 0 Å². The minimum Gasteiger partial charge on any atom is -0.435 e. The highest BCUT2D eigenvalue weighted by molar-refractivity contribution is 14.0. The first-order chi connectivity index (χ1) is 12.0. The second-order valence-corrected chi connectivity index (χ2v) is 5.49.